The summed E-state index contributed by atoms with van der Waals surface area (Å²) in [5.41, 5.74) is 7.86. The smallest absolute Gasteiger partial charge is 0.396 e. The van der Waals surface area contributed by atoms with E-state index in [1.54, 1.807) is 0 Å². The highest BCUT2D eigenvalue weighted by atomic mass is 28.3. The third-order valence-electron chi connectivity index (χ3n) is 1.20. The Labute approximate surface area is 72.4 Å². The number of carbonyl (C=O) groups is 1. The van der Waals surface area contributed by atoms with Crippen molar-refractivity contribution in [2.24, 2.45) is 5.11 Å². The molecule has 6 heteroatoms. The average Bonchev–Trinajstić information content (AvgIpc) is 1.84. The van der Waals surface area contributed by atoms with Gasteiger partial charge in [-0.15, -0.1) is 0 Å². The monoisotopic (exact) mass is 187 g/mol. The van der Waals surface area contributed by atoms with Gasteiger partial charge in [0.25, 0.3) is 0 Å². The molecule has 0 aliphatic rings. The highest BCUT2D eigenvalue weighted by Gasteiger charge is 2.13. The van der Waals surface area contributed by atoms with Crippen LogP contribution in [0.3, 0.4) is 0 Å². The lowest BCUT2D eigenvalue weighted by Gasteiger charge is -2.14. The van der Waals surface area contributed by atoms with E-state index in [4.69, 9.17) is 5.53 Å². The van der Waals surface area contributed by atoms with Crippen LogP contribution in [0, 0.1) is 0 Å². The normalized spacial score (nSPS) is 10.2. The van der Waals surface area contributed by atoms with Gasteiger partial charge in [-0.25, -0.2) is 4.79 Å². The minimum Gasteiger partial charge on any atom is -0.461 e. The van der Waals surface area contributed by atoms with Crippen molar-refractivity contribution in [1.29, 1.82) is 0 Å². The van der Waals surface area contributed by atoms with Crippen LogP contribution in [-0.4, -0.2) is 20.8 Å². The third kappa shape index (κ3) is 7.11. The Morgan fingerprint density at radius 2 is 2.17 bits per heavy atom. The van der Waals surface area contributed by atoms with E-state index in [0.717, 1.165) is 6.04 Å². The molecule has 0 aromatic carbocycles. The van der Waals surface area contributed by atoms with Crippen molar-refractivity contribution in [2.75, 3.05) is 6.61 Å². The minimum atomic E-state index is -1.16. The van der Waals surface area contributed by atoms with E-state index in [1.807, 2.05) is 0 Å². The van der Waals surface area contributed by atoms with Crippen LogP contribution >= 0.6 is 0 Å². The molecule has 0 fully saturated rings. The molecule has 0 spiro atoms. The predicted molar refractivity (Wildman–Crippen MR) is 48.6 cm³/mol. The van der Waals surface area contributed by atoms with Gasteiger partial charge in [-0.05, 0) is 11.6 Å². The summed E-state index contributed by atoms with van der Waals surface area (Å²) in [5, 5.41) is 2.78. The number of carbonyl (C=O) groups excluding carboxylic acids is 1. The largest absolute Gasteiger partial charge is 0.461 e. The molecule has 68 valence electrons. The van der Waals surface area contributed by atoms with E-state index in [0.29, 0.717) is 6.61 Å². The van der Waals surface area contributed by atoms with Gasteiger partial charge in [0.15, 0.2) is 0 Å². The molecule has 0 aromatic rings. The fourth-order valence-corrected chi connectivity index (χ4v) is 1.22. The van der Waals surface area contributed by atoms with Gasteiger partial charge in [0, 0.05) is 18.1 Å². The Hall–Kier alpha value is -1.00. The molecular weight excluding hydrogens is 174 g/mol. The van der Waals surface area contributed by atoms with Crippen LogP contribution in [0.2, 0.25) is 25.7 Å². The highest BCUT2D eigenvalue weighted by Crippen LogP contribution is 2.07. The first kappa shape index (κ1) is 11.0. The van der Waals surface area contributed by atoms with E-state index in [-0.39, 0.29) is 0 Å². The molecular formula is C6H13N3O2Si. The topological polar surface area (TPSA) is 75.1 Å². The first-order valence-corrected chi connectivity index (χ1v) is 7.38. The van der Waals surface area contributed by atoms with Crippen molar-refractivity contribution in [3.8, 4) is 0 Å². The Balaban J connectivity index is 3.57. The second kappa shape index (κ2) is 4.79. The molecule has 0 aliphatic carbocycles. The summed E-state index contributed by atoms with van der Waals surface area (Å²) >= 11 is 0. The maximum Gasteiger partial charge on any atom is 0.396 e. The zero-order chi connectivity index (χ0) is 9.61. The molecule has 0 N–H and O–H groups in total. The quantitative estimate of drug-likeness (QED) is 0.295. The van der Waals surface area contributed by atoms with E-state index >= 15 is 0 Å². The van der Waals surface area contributed by atoms with Crippen LogP contribution < -0.4 is 0 Å². The van der Waals surface area contributed by atoms with Crippen LogP contribution in [-0.2, 0) is 4.74 Å². The van der Waals surface area contributed by atoms with Gasteiger partial charge in [0.05, 0.1) is 6.61 Å². The van der Waals surface area contributed by atoms with Gasteiger partial charge in [-0.1, -0.05) is 19.6 Å². The summed E-state index contributed by atoms with van der Waals surface area (Å²) in [6.45, 7) is 6.88. The first-order chi connectivity index (χ1) is 5.45. The highest BCUT2D eigenvalue weighted by molar-refractivity contribution is 6.76. The van der Waals surface area contributed by atoms with Crippen LogP contribution in [0.4, 0.5) is 4.79 Å². The van der Waals surface area contributed by atoms with Crippen molar-refractivity contribution in [3.63, 3.8) is 0 Å². The molecule has 0 saturated heterocycles. The van der Waals surface area contributed by atoms with Crippen LogP contribution in [0.25, 0.3) is 10.4 Å². The molecule has 0 radical (unpaired) electrons. The summed E-state index contributed by atoms with van der Waals surface area (Å²) in [4.78, 5) is 12.8. The maximum atomic E-state index is 10.5. The van der Waals surface area contributed by atoms with Gasteiger partial charge in [0.2, 0.25) is 0 Å². The summed E-state index contributed by atoms with van der Waals surface area (Å²) in [7, 11) is -1.16. The summed E-state index contributed by atoms with van der Waals surface area (Å²) in [6.07, 6.45) is -0.837. The fraction of sp³-hybridized carbons (Fsp3) is 0.833. The average molecular weight is 187 g/mol. The number of amides is 1. The molecule has 0 heterocycles. The molecule has 0 atom stereocenters. The lowest BCUT2D eigenvalue weighted by atomic mass is 10.8. The minimum absolute atomic E-state index is 0.355. The number of hydrogen-bond acceptors (Lipinski definition) is 2. The van der Waals surface area contributed by atoms with Gasteiger partial charge in [0.1, 0.15) is 0 Å². The second-order valence-electron chi connectivity index (χ2n) is 3.61. The lowest BCUT2D eigenvalue weighted by molar-refractivity contribution is 0.162. The standard InChI is InChI=1S/C6H13N3O2Si/c1-12(2,3)5-4-11-6(10)8-9-7/h4-5H2,1-3H3. The lowest BCUT2D eigenvalue weighted by Crippen LogP contribution is -2.22. The van der Waals surface area contributed by atoms with E-state index in [2.05, 4.69) is 34.4 Å². The molecule has 0 rings (SSSR count). The first-order valence-electron chi connectivity index (χ1n) is 3.67. The van der Waals surface area contributed by atoms with Gasteiger partial charge in [-0.2, -0.15) is 0 Å². The molecule has 0 unspecified atom stereocenters. The molecule has 0 bridgehead atoms. The van der Waals surface area contributed by atoms with Crippen molar-refractivity contribution < 1.29 is 9.53 Å². The number of rotatable bonds is 3. The summed E-state index contributed by atoms with van der Waals surface area (Å²) < 4.78 is 4.63. The Morgan fingerprint density at radius 1 is 1.58 bits per heavy atom. The number of azide groups is 1. The van der Waals surface area contributed by atoms with Crippen molar-refractivity contribution in [3.05, 3.63) is 10.4 Å². The van der Waals surface area contributed by atoms with Crippen LogP contribution in [0.15, 0.2) is 5.11 Å². The molecule has 12 heavy (non-hydrogen) atoms. The van der Waals surface area contributed by atoms with E-state index in [1.165, 1.54) is 0 Å². The third-order valence-corrected chi connectivity index (χ3v) is 2.91. The van der Waals surface area contributed by atoms with Gasteiger partial charge in [-0.3, -0.25) is 0 Å². The molecule has 0 saturated carbocycles. The van der Waals surface area contributed by atoms with Crippen molar-refractivity contribution >= 4 is 14.2 Å². The van der Waals surface area contributed by atoms with Gasteiger partial charge >= 0.3 is 6.09 Å². The van der Waals surface area contributed by atoms with Crippen LogP contribution in [0.5, 0.6) is 0 Å². The Bertz CT molecular complexity index is 205. The van der Waals surface area contributed by atoms with E-state index < -0.39 is 14.2 Å². The second-order valence-corrected chi connectivity index (χ2v) is 9.24. The Morgan fingerprint density at radius 3 is 2.58 bits per heavy atom. The number of ether oxygens (including phenoxy) is 1. The predicted octanol–water partition coefficient (Wildman–Crippen LogP) is 2.77. The number of nitrogens with zero attached hydrogens (tertiary/aromatic N) is 3. The molecule has 0 aliphatic heterocycles. The van der Waals surface area contributed by atoms with Crippen LogP contribution in [0.1, 0.15) is 0 Å². The summed E-state index contributed by atoms with van der Waals surface area (Å²) in [5.74, 6) is 0. The van der Waals surface area contributed by atoms with Crippen molar-refractivity contribution in [1.82, 2.24) is 0 Å². The van der Waals surface area contributed by atoms with Crippen molar-refractivity contribution in [2.45, 2.75) is 25.7 Å². The fourth-order valence-electron chi connectivity index (χ4n) is 0.510. The van der Waals surface area contributed by atoms with Gasteiger partial charge < -0.3 is 4.74 Å². The zero-order valence-electron chi connectivity index (χ0n) is 7.57. The summed E-state index contributed by atoms with van der Waals surface area (Å²) in [6, 6.07) is 0.889. The Kier molecular flexibility index (Phi) is 4.39. The zero-order valence-corrected chi connectivity index (χ0v) is 8.57. The molecule has 1 amide bonds. The number of hydrogen-bond donors (Lipinski definition) is 0. The molecule has 5 nitrogen and oxygen atoms in total. The molecule has 0 aromatic heterocycles. The maximum absolute atomic E-state index is 10.5. The SMILES string of the molecule is C[Si](C)(C)CCOC(=O)N=[N+]=[N-]. The van der Waals surface area contributed by atoms with E-state index in [9.17, 15) is 4.79 Å².